The van der Waals surface area contributed by atoms with Crippen LogP contribution in [-0.2, 0) is 0 Å². The molecule has 0 aliphatic carbocycles. The number of phenols is 1. The van der Waals surface area contributed by atoms with Crippen LogP contribution in [-0.4, -0.2) is 29.0 Å². The summed E-state index contributed by atoms with van der Waals surface area (Å²) < 4.78 is 0. The molecule has 3 nitrogen and oxygen atoms in total. The number of benzene rings is 1. The molecular formula is C15H21NO2. The number of likely N-dealkylation sites (tertiary alicyclic amines) is 1. The van der Waals surface area contributed by atoms with Crippen molar-refractivity contribution in [2.45, 2.75) is 39.0 Å². The maximum Gasteiger partial charge on any atom is 0.257 e. The molecule has 0 radical (unpaired) electrons. The van der Waals surface area contributed by atoms with Crippen molar-refractivity contribution in [1.29, 1.82) is 0 Å². The number of carbonyl (C=O) groups excluding carboxylic acids is 1. The summed E-state index contributed by atoms with van der Waals surface area (Å²) in [6, 6.07) is 5.20. The summed E-state index contributed by atoms with van der Waals surface area (Å²) in [5, 5.41) is 9.81. The summed E-state index contributed by atoms with van der Waals surface area (Å²) in [6.45, 7) is 3.56. The Bertz CT molecular complexity index is 421. The van der Waals surface area contributed by atoms with Gasteiger partial charge in [0.1, 0.15) is 5.75 Å². The minimum Gasteiger partial charge on any atom is -0.507 e. The van der Waals surface area contributed by atoms with Gasteiger partial charge in [-0.15, -0.1) is 0 Å². The first kappa shape index (κ1) is 12.9. The van der Waals surface area contributed by atoms with Gasteiger partial charge in [-0.05, 0) is 31.9 Å². The van der Waals surface area contributed by atoms with Crippen LogP contribution >= 0.6 is 0 Å². The molecule has 1 heterocycles. The number of carbonyl (C=O) groups is 1. The molecule has 1 N–H and O–H groups in total. The predicted molar refractivity (Wildman–Crippen MR) is 71.8 cm³/mol. The molecule has 1 aromatic rings. The molecule has 18 heavy (non-hydrogen) atoms. The highest BCUT2D eigenvalue weighted by molar-refractivity contribution is 5.97. The van der Waals surface area contributed by atoms with E-state index in [-0.39, 0.29) is 11.7 Å². The van der Waals surface area contributed by atoms with E-state index in [9.17, 15) is 9.90 Å². The van der Waals surface area contributed by atoms with Gasteiger partial charge < -0.3 is 10.0 Å². The third-order valence-corrected chi connectivity index (χ3v) is 3.53. The number of phenolic OH excluding ortho intramolecular Hbond substituents is 1. The molecule has 0 saturated carbocycles. The first-order chi connectivity index (χ1) is 8.68. The Balaban J connectivity index is 2.15. The Morgan fingerprint density at radius 2 is 1.72 bits per heavy atom. The third kappa shape index (κ3) is 3.03. The van der Waals surface area contributed by atoms with E-state index in [4.69, 9.17) is 0 Å². The lowest BCUT2D eigenvalue weighted by Crippen LogP contribution is -2.33. The van der Waals surface area contributed by atoms with E-state index in [2.05, 4.69) is 0 Å². The molecule has 1 aliphatic rings. The normalized spacial score (nSPS) is 17.1. The molecule has 3 heteroatoms. The maximum absolute atomic E-state index is 12.4. The van der Waals surface area contributed by atoms with Gasteiger partial charge in [0.2, 0.25) is 0 Å². The fourth-order valence-corrected chi connectivity index (χ4v) is 2.44. The minimum absolute atomic E-state index is 0.0295. The summed E-state index contributed by atoms with van der Waals surface area (Å²) >= 11 is 0. The Morgan fingerprint density at radius 1 is 1.11 bits per heavy atom. The van der Waals surface area contributed by atoms with E-state index < -0.39 is 0 Å². The van der Waals surface area contributed by atoms with Crippen molar-refractivity contribution in [3.63, 3.8) is 0 Å². The van der Waals surface area contributed by atoms with Crippen molar-refractivity contribution in [3.05, 3.63) is 29.3 Å². The first-order valence-electron chi connectivity index (χ1n) is 6.77. The van der Waals surface area contributed by atoms with Gasteiger partial charge >= 0.3 is 0 Å². The van der Waals surface area contributed by atoms with E-state index in [1.54, 1.807) is 12.1 Å². The lowest BCUT2D eigenvalue weighted by atomic mass is 10.1. The van der Waals surface area contributed by atoms with Gasteiger partial charge in [0.05, 0.1) is 5.56 Å². The number of hydrogen-bond donors (Lipinski definition) is 1. The Hall–Kier alpha value is -1.51. The fraction of sp³-hybridized carbons (Fsp3) is 0.533. The van der Waals surface area contributed by atoms with Gasteiger partial charge in [-0.2, -0.15) is 0 Å². The minimum atomic E-state index is -0.0295. The van der Waals surface area contributed by atoms with Gasteiger partial charge in [0, 0.05) is 13.1 Å². The molecule has 0 unspecified atom stereocenters. The SMILES string of the molecule is Cc1ccc(O)c(C(=O)N2CCCCCCC2)c1. The Labute approximate surface area is 108 Å². The second-order valence-corrected chi connectivity index (χ2v) is 5.08. The van der Waals surface area contributed by atoms with E-state index in [0.29, 0.717) is 5.56 Å². The third-order valence-electron chi connectivity index (χ3n) is 3.53. The van der Waals surface area contributed by atoms with Crippen molar-refractivity contribution in [2.75, 3.05) is 13.1 Å². The summed E-state index contributed by atoms with van der Waals surface area (Å²) in [6.07, 6.45) is 5.81. The molecule has 0 atom stereocenters. The van der Waals surface area contributed by atoms with E-state index in [1.807, 2.05) is 17.9 Å². The second-order valence-electron chi connectivity index (χ2n) is 5.08. The summed E-state index contributed by atoms with van der Waals surface area (Å²) in [5.41, 5.74) is 1.44. The molecule has 0 spiro atoms. The molecule has 98 valence electrons. The van der Waals surface area contributed by atoms with E-state index in [0.717, 1.165) is 31.5 Å². The van der Waals surface area contributed by atoms with Crippen LogP contribution < -0.4 is 0 Å². The lowest BCUT2D eigenvalue weighted by molar-refractivity contribution is 0.0739. The molecule has 2 rings (SSSR count). The van der Waals surface area contributed by atoms with Gasteiger partial charge in [0.15, 0.2) is 0 Å². The monoisotopic (exact) mass is 247 g/mol. The second kappa shape index (κ2) is 5.89. The standard InChI is InChI=1S/C15H21NO2/c1-12-7-8-14(17)13(11-12)15(18)16-9-5-3-2-4-6-10-16/h7-8,11,17H,2-6,9-10H2,1H3. The smallest absolute Gasteiger partial charge is 0.257 e. The molecule has 0 bridgehead atoms. The maximum atomic E-state index is 12.4. The van der Waals surface area contributed by atoms with Crippen LogP contribution in [0.15, 0.2) is 18.2 Å². The quantitative estimate of drug-likeness (QED) is 0.828. The van der Waals surface area contributed by atoms with Crippen molar-refractivity contribution in [2.24, 2.45) is 0 Å². The van der Waals surface area contributed by atoms with Crippen LogP contribution in [0, 0.1) is 6.92 Å². The Kier molecular flexibility index (Phi) is 4.24. The van der Waals surface area contributed by atoms with Gasteiger partial charge in [0.25, 0.3) is 5.91 Å². The number of nitrogens with zero attached hydrogens (tertiary/aromatic N) is 1. The molecule has 1 saturated heterocycles. The molecule has 1 fully saturated rings. The van der Waals surface area contributed by atoms with Crippen LogP contribution in [0.25, 0.3) is 0 Å². The Morgan fingerprint density at radius 3 is 2.39 bits per heavy atom. The molecule has 1 amide bonds. The van der Waals surface area contributed by atoms with Crippen molar-refractivity contribution in [3.8, 4) is 5.75 Å². The fourth-order valence-electron chi connectivity index (χ4n) is 2.44. The zero-order chi connectivity index (χ0) is 13.0. The van der Waals surface area contributed by atoms with Crippen LogP contribution in [0.4, 0.5) is 0 Å². The summed E-state index contributed by atoms with van der Waals surface area (Å²) in [4.78, 5) is 14.3. The number of hydrogen-bond acceptors (Lipinski definition) is 2. The topological polar surface area (TPSA) is 40.5 Å². The van der Waals surface area contributed by atoms with Gasteiger partial charge in [-0.1, -0.05) is 30.9 Å². The highest BCUT2D eigenvalue weighted by Gasteiger charge is 2.19. The first-order valence-corrected chi connectivity index (χ1v) is 6.77. The van der Waals surface area contributed by atoms with Crippen molar-refractivity contribution < 1.29 is 9.90 Å². The molecule has 1 aliphatic heterocycles. The zero-order valence-corrected chi connectivity index (χ0v) is 11.0. The zero-order valence-electron chi connectivity index (χ0n) is 11.0. The predicted octanol–water partition coefficient (Wildman–Crippen LogP) is 3.11. The number of aromatic hydroxyl groups is 1. The number of amides is 1. The largest absolute Gasteiger partial charge is 0.507 e. The van der Waals surface area contributed by atoms with Crippen molar-refractivity contribution >= 4 is 5.91 Å². The molecule has 1 aromatic carbocycles. The van der Waals surface area contributed by atoms with Gasteiger partial charge in [-0.25, -0.2) is 0 Å². The van der Waals surface area contributed by atoms with Gasteiger partial charge in [-0.3, -0.25) is 4.79 Å². The highest BCUT2D eigenvalue weighted by atomic mass is 16.3. The average molecular weight is 247 g/mol. The van der Waals surface area contributed by atoms with E-state index in [1.165, 1.54) is 19.3 Å². The average Bonchev–Trinajstić information content (AvgIpc) is 2.31. The molecular weight excluding hydrogens is 226 g/mol. The molecule has 0 aromatic heterocycles. The van der Waals surface area contributed by atoms with Crippen molar-refractivity contribution in [1.82, 2.24) is 4.90 Å². The lowest BCUT2D eigenvalue weighted by Gasteiger charge is -2.25. The van der Waals surface area contributed by atoms with E-state index >= 15 is 0 Å². The number of aryl methyl sites for hydroxylation is 1. The highest BCUT2D eigenvalue weighted by Crippen LogP contribution is 2.21. The summed E-state index contributed by atoms with van der Waals surface area (Å²) in [7, 11) is 0. The summed E-state index contributed by atoms with van der Waals surface area (Å²) in [5.74, 6) is 0.0609. The van der Waals surface area contributed by atoms with Crippen LogP contribution in [0.2, 0.25) is 0 Å². The van der Waals surface area contributed by atoms with Crippen LogP contribution in [0.1, 0.15) is 48.0 Å². The van der Waals surface area contributed by atoms with Crippen LogP contribution in [0.5, 0.6) is 5.75 Å². The van der Waals surface area contributed by atoms with Crippen LogP contribution in [0.3, 0.4) is 0 Å². The number of rotatable bonds is 1.